The molecule has 1 heterocycles. The first-order chi connectivity index (χ1) is 5.74. The lowest BCUT2D eigenvalue weighted by atomic mass is 10.6. The van der Waals surface area contributed by atoms with Crippen molar-refractivity contribution in [1.29, 1.82) is 0 Å². The average Bonchev–Trinajstić information content (AvgIpc) is 2.07. The van der Waals surface area contributed by atoms with E-state index in [1.807, 2.05) is 22.6 Å². The summed E-state index contributed by atoms with van der Waals surface area (Å²) < 4.78 is 0.637. The van der Waals surface area contributed by atoms with Gasteiger partial charge in [0.05, 0.1) is 9.32 Å². The largest absolute Gasteiger partial charge is 0.309 e. The van der Waals surface area contributed by atoms with Gasteiger partial charge in [-0.25, -0.2) is 4.98 Å². The molecule has 0 aliphatic rings. The third-order valence-corrected chi connectivity index (χ3v) is 2.91. The van der Waals surface area contributed by atoms with Crippen LogP contribution in [0.4, 0.5) is 0 Å². The Morgan fingerprint density at radius 3 is 3.08 bits per heavy atom. The number of hydrogen-bond donors (Lipinski definition) is 1. The monoisotopic (exact) mass is 296 g/mol. The van der Waals surface area contributed by atoms with Crippen LogP contribution in [0, 0.1) is 3.57 Å². The first-order valence-corrected chi connectivity index (χ1v) is 5.79. The fraction of sp³-hybridized carbons (Fsp3) is 0.429. The molecule has 0 fully saturated rings. The molecule has 0 aromatic carbocycles. The van der Waals surface area contributed by atoms with Crippen molar-refractivity contribution in [3.05, 3.63) is 25.9 Å². The number of nitrogens with zero attached hydrogens (tertiary/aromatic N) is 1. The summed E-state index contributed by atoms with van der Waals surface area (Å²) in [6.07, 6.45) is 1.60. The maximum absolute atomic E-state index is 11.1. The molecule has 0 unspecified atom stereocenters. The Balaban J connectivity index is 2.76. The minimum absolute atomic E-state index is 0.0442. The second-order valence-corrected chi connectivity index (χ2v) is 4.58. The van der Waals surface area contributed by atoms with Gasteiger partial charge >= 0.3 is 0 Å². The highest BCUT2D eigenvalue weighted by molar-refractivity contribution is 14.1. The molecule has 0 aliphatic heterocycles. The van der Waals surface area contributed by atoms with Gasteiger partial charge in [0.15, 0.2) is 0 Å². The molecule has 0 atom stereocenters. The van der Waals surface area contributed by atoms with Crippen molar-refractivity contribution >= 4 is 34.4 Å². The zero-order valence-electron chi connectivity index (χ0n) is 6.63. The van der Waals surface area contributed by atoms with E-state index < -0.39 is 0 Å². The summed E-state index contributed by atoms with van der Waals surface area (Å²) in [5, 5.41) is 0. The van der Waals surface area contributed by atoms with E-state index in [1.165, 1.54) is 0 Å². The first kappa shape index (κ1) is 10.0. The lowest BCUT2D eigenvalue weighted by Gasteiger charge is -1.97. The molecular weight excluding hydrogens is 287 g/mol. The minimum atomic E-state index is -0.0442. The number of rotatable bonds is 3. The van der Waals surface area contributed by atoms with Crippen molar-refractivity contribution in [3.63, 3.8) is 0 Å². The molecule has 3 nitrogen and oxygen atoms in total. The number of hydrogen-bond acceptors (Lipinski definition) is 3. The van der Waals surface area contributed by atoms with Crippen LogP contribution < -0.4 is 5.56 Å². The van der Waals surface area contributed by atoms with Crippen LogP contribution in [0.2, 0.25) is 0 Å². The van der Waals surface area contributed by atoms with Crippen molar-refractivity contribution in [3.8, 4) is 0 Å². The molecule has 12 heavy (non-hydrogen) atoms. The van der Waals surface area contributed by atoms with Crippen molar-refractivity contribution in [1.82, 2.24) is 9.97 Å². The van der Waals surface area contributed by atoms with E-state index in [0.29, 0.717) is 3.57 Å². The third-order valence-electron chi connectivity index (χ3n) is 1.25. The van der Waals surface area contributed by atoms with Crippen LogP contribution in [0.3, 0.4) is 0 Å². The zero-order chi connectivity index (χ0) is 8.97. The predicted molar refractivity (Wildman–Crippen MR) is 59.4 cm³/mol. The van der Waals surface area contributed by atoms with Gasteiger partial charge in [-0.15, -0.1) is 0 Å². The van der Waals surface area contributed by atoms with Crippen LogP contribution in [0.15, 0.2) is 11.0 Å². The van der Waals surface area contributed by atoms with Crippen LogP contribution in [-0.4, -0.2) is 15.7 Å². The third kappa shape index (κ3) is 2.78. The summed E-state index contributed by atoms with van der Waals surface area (Å²) in [6, 6.07) is 0. The van der Waals surface area contributed by atoms with Crippen LogP contribution in [0.5, 0.6) is 0 Å². The molecule has 0 saturated carbocycles. The quantitative estimate of drug-likeness (QED) is 0.862. The van der Waals surface area contributed by atoms with Gasteiger partial charge in [0, 0.05) is 6.20 Å². The molecule has 0 amide bonds. The van der Waals surface area contributed by atoms with Gasteiger partial charge in [0.25, 0.3) is 5.56 Å². The van der Waals surface area contributed by atoms with Gasteiger partial charge in [-0.3, -0.25) is 4.79 Å². The molecule has 66 valence electrons. The first-order valence-electron chi connectivity index (χ1n) is 3.55. The highest BCUT2D eigenvalue weighted by atomic mass is 127. The number of nitrogens with one attached hydrogen (secondary N) is 1. The number of aromatic nitrogens is 2. The van der Waals surface area contributed by atoms with Crippen molar-refractivity contribution in [2.24, 2.45) is 0 Å². The molecule has 1 N–H and O–H groups in total. The highest BCUT2D eigenvalue weighted by Crippen LogP contribution is 2.05. The molecule has 0 spiro atoms. The molecule has 1 aromatic rings. The van der Waals surface area contributed by atoms with E-state index in [2.05, 4.69) is 16.9 Å². The Labute approximate surface area is 88.5 Å². The fourth-order valence-electron chi connectivity index (χ4n) is 0.688. The molecular formula is C7H9IN2OS. The standard InChI is InChI=1S/C7H9IN2OS/c1-2-12-4-6-9-3-5(8)7(11)10-6/h3H,2,4H2,1H3,(H,9,10,11). The normalized spacial score (nSPS) is 10.2. The summed E-state index contributed by atoms with van der Waals surface area (Å²) in [5.74, 6) is 2.57. The maximum Gasteiger partial charge on any atom is 0.264 e. The Bertz CT molecular complexity index is 313. The maximum atomic E-state index is 11.1. The van der Waals surface area contributed by atoms with E-state index in [9.17, 15) is 4.79 Å². The topological polar surface area (TPSA) is 45.8 Å². The predicted octanol–water partition coefficient (Wildman–Crippen LogP) is 1.63. The Kier molecular flexibility index (Phi) is 4.07. The Morgan fingerprint density at radius 2 is 2.50 bits per heavy atom. The molecule has 5 heteroatoms. The second kappa shape index (κ2) is 4.86. The van der Waals surface area contributed by atoms with Gasteiger partial charge in [-0.1, -0.05) is 6.92 Å². The summed E-state index contributed by atoms with van der Waals surface area (Å²) in [6.45, 7) is 2.08. The van der Waals surface area contributed by atoms with Crippen LogP contribution >= 0.6 is 34.4 Å². The van der Waals surface area contributed by atoms with E-state index in [4.69, 9.17) is 0 Å². The molecule has 0 aliphatic carbocycles. The highest BCUT2D eigenvalue weighted by Gasteiger charge is 1.98. The molecule has 0 radical (unpaired) electrons. The van der Waals surface area contributed by atoms with Crippen molar-refractivity contribution < 1.29 is 0 Å². The van der Waals surface area contributed by atoms with Gasteiger partial charge in [0.1, 0.15) is 5.82 Å². The van der Waals surface area contributed by atoms with Gasteiger partial charge < -0.3 is 4.98 Å². The summed E-state index contributed by atoms with van der Waals surface area (Å²) in [5.41, 5.74) is -0.0442. The SMILES string of the molecule is CCSCc1ncc(I)c(=O)[nH]1. The fourth-order valence-corrected chi connectivity index (χ4v) is 1.51. The van der Waals surface area contributed by atoms with E-state index in [0.717, 1.165) is 17.3 Å². The molecule has 1 aromatic heterocycles. The van der Waals surface area contributed by atoms with Gasteiger partial charge in [-0.05, 0) is 28.3 Å². The minimum Gasteiger partial charge on any atom is -0.309 e. The molecule has 0 saturated heterocycles. The van der Waals surface area contributed by atoms with E-state index in [1.54, 1.807) is 18.0 Å². The zero-order valence-corrected chi connectivity index (χ0v) is 9.61. The van der Waals surface area contributed by atoms with Crippen LogP contribution in [0.1, 0.15) is 12.7 Å². The molecule has 0 bridgehead atoms. The average molecular weight is 296 g/mol. The van der Waals surface area contributed by atoms with Gasteiger partial charge in [-0.2, -0.15) is 11.8 Å². The van der Waals surface area contributed by atoms with Crippen molar-refractivity contribution in [2.45, 2.75) is 12.7 Å². The van der Waals surface area contributed by atoms with E-state index >= 15 is 0 Å². The summed E-state index contributed by atoms with van der Waals surface area (Å²) >= 11 is 3.71. The van der Waals surface area contributed by atoms with Crippen LogP contribution in [0.25, 0.3) is 0 Å². The lowest BCUT2D eigenvalue weighted by Crippen LogP contribution is -2.13. The van der Waals surface area contributed by atoms with Crippen molar-refractivity contribution in [2.75, 3.05) is 5.75 Å². The number of aromatic amines is 1. The Hall–Kier alpha value is -0.0400. The number of H-pyrrole nitrogens is 1. The van der Waals surface area contributed by atoms with E-state index in [-0.39, 0.29) is 5.56 Å². The van der Waals surface area contributed by atoms with Gasteiger partial charge in [0.2, 0.25) is 0 Å². The van der Waals surface area contributed by atoms with Crippen LogP contribution in [-0.2, 0) is 5.75 Å². The Morgan fingerprint density at radius 1 is 1.75 bits per heavy atom. The number of halogens is 1. The lowest BCUT2D eigenvalue weighted by molar-refractivity contribution is 0.989. The molecule has 1 rings (SSSR count). The number of thioether (sulfide) groups is 1. The smallest absolute Gasteiger partial charge is 0.264 e. The summed E-state index contributed by atoms with van der Waals surface area (Å²) in [4.78, 5) is 17.9. The summed E-state index contributed by atoms with van der Waals surface area (Å²) in [7, 11) is 0. The second-order valence-electron chi connectivity index (χ2n) is 2.14.